The third-order valence-electron chi connectivity index (χ3n) is 5.27. The number of aliphatic hydroxyl groups is 1. The van der Waals surface area contributed by atoms with Crippen LogP contribution in [0.1, 0.15) is 22.7 Å². The lowest BCUT2D eigenvalue weighted by molar-refractivity contribution is -0.384. The number of amides is 1. The number of hydrogen-bond donors (Lipinski definition) is 1. The van der Waals surface area contributed by atoms with Crippen molar-refractivity contribution in [2.45, 2.75) is 12.6 Å². The molecule has 0 spiro atoms. The number of rotatable bonds is 5. The zero-order valence-electron chi connectivity index (χ0n) is 16.6. The summed E-state index contributed by atoms with van der Waals surface area (Å²) in [5.41, 5.74) is 1.52. The fourth-order valence-electron chi connectivity index (χ4n) is 3.71. The minimum absolute atomic E-state index is 0.0536. The highest BCUT2D eigenvalue weighted by molar-refractivity contribution is 9.10. The molecule has 1 heterocycles. The molecule has 3 aromatic carbocycles. The van der Waals surface area contributed by atoms with Gasteiger partial charge in [-0.2, -0.15) is 0 Å². The van der Waals surface area contributed by atoms with E-state index in [1.165, 1.54) is 29.2 Å². The summed E-state index contributed by atoms with van der Waals surface area (Å²) in [7, 11) is 0. The quantitative estimate of drug-likeness (QED) is 0.178. The van der Waals surface area contributed by atoms with Gasteiger partial charge in [0, 0.05) is 28.7 Å². The summed E-state index contributed by atoms with van der Waals surface area (Å²) < 4.78 is 0.830. The summed E-state index contributed by atoms with van der Waals surface area (Å²) in [6.07, 6.45) is 0. The van der Waals surface area contributed by atoms with Crippen LogP contribution < -0.4 is 0 Å². The number of carbonyl (C=O) groups is 2. The molecule has 1 aliphatic rings. The van der Waals surface area contributed by atoms with Crippen LogP contribution >= 0.6 is 15.9 Å². The Bertz CT molecular complexity index is 1220. The van der Waals surface area contributed by atoms with Gasteiger partial charge in [-0.05, 0) is 35.4 Å². The van der Waals surface area contributed by atoms with Crippen LogP contribution in [-0.4, -0.2) is 26.6 Å². The number of hydrogen-bond acceptors (Lipinski definition) is 5. The van der Waals surface area contributed by atoms with Gasteiger partial charge in [-0.1, -0.05) is 58.4 Å². The first-order chi connectivity index (χ1) is 15.4. The minimum atomic E-state index is -0.807. The largest absolute Gasteiger partial charge is 0.507 e. The molecule has 1 saturated heterocycles. The van der Waals surface area contributed by atoms with Gasteiger partial charge in [-0.15, -0.1) is 0 Å². The van der Waals surface area contributed by atoms with Crippen molar-refractivity contribution in [3.05, 3.63) is 116 Å². The maximum atomic E-state index is 13.0. The molecule has 1 fully saturated rings. The van der Waals surface area contributed by atoms with Crippen molar-refractivity contribution in [1.82, 2.24) is 4.90 Å². The Hall–Kier alpha value is -3.78. The van der Waals surface area contributed by atoms with E-state index in [0.717, 1.165) is 10.0 Å². The maximum Gasteiger partial charge on any atom is 0.295 e. The number of Topliss-reactive ketones (excluding diaryl/α,β-unsaturated/α-hetero) is 1. The molecule has 1 aliphatic heterocycles. The van der Waals surface area contributed by atoms with E-state index in [-0.39, 0.29) is 29.1 Å². The highest BCUT2D eigenvalue weighted by Crippen LogP contribution is 2.40. The summed E-state index contributed by atoms with van der Waals surface area (Å²) in [6, 6.07) is 20.8. The Morgan fingerprint density at radius 2 is 1.59 bits per heavy atom. The van der Waals surface area contributed by atoms with E-state index >= 15 is 0 Å². The number of carbonyl (C=O) groups excluding carboxylic acids is 2. The Labute approximate surface area is 191 Å². The second kappa shape index (κ2) is 8.76. The second-order valence-electron chi connectivity index (χ2n) is 7.27. The number of aliphatic hydroxyl groups excluding tert-OH is 1. The van der Waals surface area contributed by atoms with Crippen molar-refractivity contribution in [2.75, 3.05) is 0 Å². The molecule has 4 rings (SSSR count). The maximum absolute atomic E-state index is 13.0. The molecular weight excluding hydrogens is 476 g/mol. The highest BCUT2D eigenvalue weighted by Gasteiger charge is 2.46. The molecule has 160 valence electrons. The Balaban J connectivity index is 1.84. The Morgan fingerprint density at radius 3 is 2.19 bits per heavy atom. The Morgan fingerprint density at radius 1 is 0.969 bits per heavy atom. The molecule has 0 bridgehead atoms. The third-order valence-corrected chi connectivity index (χ3v) is 5.80. The van der Waals surface area contributed by atoms with Crippen molar-refractivity contribution in [3.8, 4) is 0 Å². The summed E-state index contributed by atoms with van der Waals surface area (Å²) in [5.74, 6) is -1.89. The molecule has 0 aliphatic carbocycles. The molecule has 0 aromatic heterocycles. The van der Waals surface area contributed by atoms with Crippen LogP contribution in [0.15, 0.2) is 88.9 Å². The van der Waals surface area contributed by atoms with Gasteiger partial charge in [-0.25, -0.2) is 0 Å². The molecule has 0 saturated carbocycles. The lowest BCUT2D eigenvalue weighted by Gasteiger charge is -2.25. The first-order valence-electron chi connectivity index (χ1n) is 9.69. The lowest BCUT2D eigenvalue weighted by Crippen LogP contribution is -2.29. The van der Waals surface area contributed by atoms with Gasteiger partial charge >= 0.3 is 0 Å². The van der Waals surface area contributed by atoms with Gasteiger partial charge in [0.25, 0.3) is 17.4 Å². The molecule has 8 heteroatoms. The average molecular weight is 493 g/mol. The van der Waals surface area contributed by atoms with Crippen molar-refractivity contribution in [3.63, 3.8) is 0 Å². The predicted octanol–water partition coefficient (Wildman–Crippen LogP) is 4.98. The van der Waals surface area contributed by atoms with E-state index < -0.39 is 22.7 Å². The number of nitrogens with zero attached hydrogens (tertiary/aromatic N) is 2. The van der Waals surface area contributed by atoms with Crippen LogP contribution in [-0.2, 0) is 16.1 Å². The van der Waals surface area contributed by atoms with Crippen LogP contribution in [0, 0.1) is 10.1 Å². The van der Waals surface area contributed by atoms with Crippen molar-refractivity contribution in [1.29, 1.82) is 0 Å². The first-order valence-corrected chi connectivity index (χ1v) is 10.5. The molecular formula is C24H17BrN2O5. The van der Waals surface area contributed by atoms with Crippen LogP contribution in [0.5, 0.6) is 0 Å². The SMILES string of the molecule is O=C1C(=O)N(Cc2ccccc2)[C@H](c2ccc(Br)cc2)/C1=C(/O)c1ccc([N+](=O)[O-])cc1. The van der Waals surface area contributed by atoms with Gasteiger partial charge in [0.1, 0.15) is 5.76 Å². The molecule has 3 aromatic rings. The number of nitro groups is 1. The number of nitro benzene ring substituents is 1. The topological polar surface area (TPSA) is 101 Å². The molecule has 7 nitrogen and oxygen atoms in total. The van der Waals surface area contributed by atoms with Crippen LogP contribution in [0.25, 0.3) is 5.76 Å². The van der Waals surface area contributed by atoms with Gasteiger partial charge in [-0.3, -0.25) is 19.7 Å². The number of ketones is 1. The normalized spacial score (nSPS) is 17.5. The summed E-state index contributed by atoms with van der Waals surface area (Å²) >= 11 is 3.38. The summed E-state index contributed by atoms with van der Waals surface area (Å²) in [6.45, 7) is 0.184. The highest BCUT2D eigenvalue weighted by atomic mass is 79.9. The summed E-state index contributed by atoms with van der Waals surface area (Å²) in [5, 5.41) is 21.9. The number of benzene rings is 3. The first kappa shape index (κ1) is 21.5. The van der Waals surface area contributed by atoms with Crippen molar-refractivity contribution < 1.29 is 19.6 Å². The van der Waals surface area contributed by atoms with Crippen LogP contribution in [0.4, 0.5) is 5.69 Å². The standard InChI is InChI=1S/C24H17BrN2O5/c25-18-10-6-16(7-11-18)21-20(22(28)17-8-12-19(13-9-17)27(31)32)23(29)24(30)26(21)14-15-4-2-1-3-5-15/h1-13,21,28H,14H2/b22-20-/t21-/m1/s1. The van der Waals surface area contributed by atoms with E-state index in [2.05, 4.69) is 15.9 Å². The van der Waals surface area contributed by atoms with Gasteiger partial charge < -0.3 is 10.0 Å². The van der Waals surface area contributed by atoms with Gasteiger partial charge in [0.05, 0.1) is 16.5 Å². The van der Waals surface area contributed by atoms with E-state index in [0.29, 0.717) is 5.56 Å². The molecule has 0 radical (unpaired) electrons. The van der Waals surface area contributed by atoms with E-state index in [1.54, 1.807) is 24.3 Å². The Kier molecular flexibility index (Phi) is 5.87. The molecule has 1 atom stereocenters. The summed E-state index contributed by atoms with van der Waals surface area (Å²) in [4.78, 5) is 37.8. The van der Waals surface area contributed by atoms with Crippen molar-refractivity contribution >= 4 is 39.1 Å². The molecule has 32 heavy (non-hydrogen) atoms. The molecule has 1 amide bonds. The molecule has 1 N–H and O–H groups in total. The third kappa shape index (κ3) is 4.04. The van der Waals surface area contributed by atoms with Crippen molar-refractivity contribution in [2.24, 2.45) is 0 Å². The zero-order valence-corrected chi connectivity index (χ0v) is 18.2. The fourth-order valence-corrected chi connectivity index (χ4v) is 3.98. The van der Waals surface area contributed by atoms with Gasteiger partial charge in [0.2, 0.25) is 0 Å². The molecule has 0 unspecified atom stereocenters. The van der Waals surface area contributed by atoms with E-state index in [9.17, 15) is 24.8 Å². The smallest absolute Gasteiger partial charge is 0.295 e. The number of likely N-dealkylation sites (tertiary alicyclic amines) is 1. The second-order valence-corrected chi connectivity index (χ2v) is 8.18. The predicted molar refractivity (Wildman–Crippen MR) is 122 cm³/mol. The van der Waals surface area contributed by atoms with Gasteiger partial charge in [0.15, 0.2) is 0 Å². The monoisotopic (exact) mass is 492 g/mol. The van der Waals surface area contributed by atoms with E-state index in [1.807, 2.05) is 30.3 Å². The number of halogens is 1. The van der Waals surface area contributed by atoms with Crippen LogP contribution in [0.2, 0.25) is 0 Å². The number of non-ortho nitro benzene ring substituents is 1. The zero-order chi connectivity index (χ0) is 22.8. The fraction of sp³-hybridized carbons (Fsp3) is 0.0833. The minimum Gasteiger partial charge on any atom is -0.507 e. The van der Waals surface area contributed by atoms with E-state index in [4.69, 9.17) is 0 Å². The average Bonchev–Trinajstić information content (AvgIpc) is 3.05. The van der Waals surface area contributed by atoms with Crippen LogP contribution in [0.3, 0.4) is 0 Å². The lowest BCUT2D eigenvalue weighted by atomic mass is 9.95.